The summed E-state index contributed by atoms with van der Waals surface area (Å²) in [6.07, 6.45) is 2.78. The van der Waals surface area contributed by atoms with Crippen molar-refractivity contribution in [1.82, 2.24) is 4.57 Å². The normalized spacial score (nSPS) is 11.5. The minimum absolute atomic E-state index is 0.125. The van der Waals surface area contributed by atoms with Gasteiger partial charge in [0.1, 0.15) is 5.75 Å². The number of aryl methyl sites for hydroxylation is 2. The van der Waals surface area contributed by atoms with Crippen LogP contribution in [0.25, 0.3) is 0 Å². The van der Waals surface area contributed by atoms with Crippen molar-refractivity contribution in [3.8, 4) is 5.75 Å². The van der Waals surface area contributed by atoms with Crippen LogP contribution in [0.3, 0.4) is 0 Å². The van der Waals surface area contributed by atoms with E-state index in [1.165, 1.54) is 5.56 Å². The predicted molar refractivity (Wildman–Crippen MR) is 73.6 cm³/mol. The largest absolute Gasteiger partial charge is 0.497 e. The number of aromatic nitrogens is 1. The van der Waals surface area contributed by atoms with Gasteiger partial charge < -0.3 is 20.2 Å². The van der Waals surface area contributed by atoms with Gasteiger partial charge in [-0.3, -0.25) is 0 Å². The van der Waals surface area contributed by atoms with E-state index in [4.69, 9.17) is 15.7 Å². The highest BCUT2D eigenvalue weighted by molar-refractivity contribution is 5.95. The summed E-state index contributed by atoms with van der Waals surface area (Å²) in [5.74, 6) is 0.974. The molecule has 0 spiro atoms. The van der Waals surface area contributed by atoms with E-state index >= 15 is 0 Å². The fourth-order valence-corrected chi connectivity index (χ4v) is 1.93. The Morgan fingerprint density at radius 1 is 1.32 bits per heavy atom. The molecule has 3 N–H and O–H groups in total. The first-order valence-electron chi connectivity index (χ1n) is 6.00. The molecule has 0 fully saturated rings. The lowest BCUT2D eigenvalue weighted by Gasteiger charge is -2.08. The highest BCUT2D eigenvalue weighted by Gasteiger charge is 2.05. The third-order valence-electron chi connectivity index (χ3n) is 3.00. The molecule has 0 saturated heterocycles. The standard InChI is InChI=1S/C14H17N3O2/c1-19-12-6-4-11(5-7-12)8-10-17-9-2-3-13(17)14(15)16-18/h2-7,9,18H,8,10H2,1H3,(H2,15,16). The lowest BCUT2D eigenvalue weighted by molar-refractivity contribution is 0.318. The second kappa shape index (κ2) is 5.95. The van der Waals surface area contributed by atoms with Crippen LogP contribution in [-0.4, -0.2) is 22.7 Å². The van der Waals surface area contributed by atoms with E-state index in [1.54, 1.807) is 7.11 Å². The summed E-state index contributed by atoms with van der Waals surface area (Å²) < 4.78 is 7.08. The monoisotopic (exact) mass is 259 g/mol. The van der Waals surface area contributed by atoms with E-state index in [0.717, 1.165) is 24.4 Å². The van der Waals surface area contributed by atoms with Gasteiger partial charge in [0.15, 0.2) is 5.84 Å². The van der Waals surface area contributed by atoms with E-state index in [0.29, 0.717) is 0 Å². The minimum atomic E-state index is 0.125. The fourth-order valence-electron chi connectivity index (χ4n) is 1.93. The van der Waals surface area contributed by atoms with Gasteiger partial charge in [0.25, 0.3) is 0 Å². The third kappa shape index (κ3) is 3.07. The number of amidine groups is 1. The molecule has 0 aliphatic rings. The first kappa shape index (κ1) is 13.0. The molecule has 1 aromatic heterocycles. The Kier molecular flexibility index (Phi) is 4.07. The molecule has 0 unspecified atom stereocenters. The molecule has 0 atom stereocenters. The van der Waals surface area contributed by atoms with Crippen LogP contribution in [0.1, 0.15) is 11.3 Å². The third-order valence-corrected chi connectivity index (χ3v) is 3.00. The van der Waals surface area contributed by atoms with E-state index in [1.807, 2.05) is 47.2 Å². The maximum Gasteiger partial charge on any atom is 0.186 e. The van der Waals surface area contributed by atoms with Crippen LogP contribution in [0.5, 0.6) is 5.75 Å². The Hall–Kier alpha value is -2.43. The summed E-state index contributed by atoms with van der Waals surface area (Å²) in [7, 11) is 1.65. The van der Waals surface area contributed by atoms with Gasteiger partial charge in [-0.15, -0.1) is 0 Å². The Morgan fingerprint density at radius 3 is 2.68 bits per heavy atom. The molecule has 1 heterocycles. The summed E-state index contributed by atoms with van der Waals surface area (Å²) in [6, 6.07) is 11.6. The summed E-state index contributed by atoms with van der Waals surface area (Å²) in [5.41, 5.74) is 7.54. The molecule has 2 aromatic rings. The van der Waals surface area contributed by atoms with Crippen molar-refractivity contribution in [2.75, 3.05) is 7.11 Å². The zero-order valence-corrected chi connectivity index (χ0v) is 10.8. The smallest absolute Gasteiger partial charge is 0.186 e. The Bertz CT molecular complexity index is 558. The zero-order valence-electron chi connectivity index (χ0n) is 10.8. The number of hydrogen-bond donors (Lipinski definition) is 2. The fraction of sp³-hybridized carbons (Fsp3) is 0.214. The quantitative estimate of drug-likeness (QED) is 0.372. The number of nitrogens with zero attached hydrogens (tertiary/aromatic N) is 2. The first-order valence-corrected chi connectivity index (χ1v) is 6.00. The number of hydrogen-bond acceptors (Lipinski definition) is 3. The molecular formula is C14H17N3O2. The molecule has 19 heavy (non-hydrogen) atoms. The zero-order chi connectivity index (χ0) is 13.7. The van der Waals surface area contributed by atoms with E-state index < -0.39 is 0 Å². The molecule has 1 aromatic carbocycles. The van der Waals surface area contributed by atoms with Crippen molar-refractivity contribution in [1.29, 1.82) is 0 Å². The minimum Gasteiger partial charge on any atom is -0.497 e. The maximum atomic E-state index is 8.71. The van der Waals surface area contributed by atoms with Crippen LogP contribution in [0.2, 0.25) is 0 Å². The first-order chi connectivity index (χ1) is 9.24. The summed E-state index contributed by atoms with van der Waals surface area (Å²) in [6.45, 7) is 0.769. The van der Waals surface area contributed by atoms with Crippen molar-refractivity contribution in [3.63, 3.8) is 0 Å². The van der Waals surface area contributed by atoms with E-state index in [-0.39, 0.29) is 5.84 Å². The predicted octanol–water partition coefficient (Wildman–Crippen LogP) is 1.83. The van der Waals surface area contributed by atoms with Gasteiger partial charge in [0.05, 0.1) is 12.8 Å². The van der Waals surface area contributed by atoms with Crippen molar-refractivity contribution < 1.29 is 9.94 Å². The van der Waals surface area contributed by atoms with Crippen LogP contribution in [0.4, 0.5) is 0 Å². The summed E-state index contributed by atoms with van der Waals surface area (Å²) in [5, 5.41) is 11.7. The molecule has 100 valence electrons. The second-order valence-electron chi connectivity index (χ2n) is 4.17. The second-order valence-corrected chi connectivity index (χ2v) is 4.17. The lowest BCUT2D eigenvalue weighted by Crippen LogP contribution is -2.18. The van der Waals surface area contributed by atoms with Crippen LogP contribution in [-0.2, 0) is 13.0 Å². The molecular weight excluding hydrogens is 242 g/mol. The summed E-state index contributed by atoms with van der Waals surface area (Å²) in [4.78, 5) is 0. The molecule has 2 rings (SSSR count). The van der Waals surface area contributed by atoms with E-state index in [9.17, 15) is 0 Å². The molecule has 0 amide bonds. The lowest BCUT2D eigenvalue weighted by atomic mass is 10.1. The van der Waals surface area contributed by atoms with Crippen molar-refractivity contribution in [2.24, 2.45) is 10.9 Å². The number of nitrogens with two attached hydrogens (primary N) is 1. The Labute approximate surface area is 111 Å². The van der Waals surface area contributed by atoms with Crippen LogP contribution in [0.15, 0.2) is 47.8 Å². The maximum absolute atomic E-state index is 8.71. The highest BCUT2D eigenvalue weighted by Crippen LogP contribution is 2.13. The molecule has 0 bridgehead atoms. The molecule has 5 nitrogen and oxygen atoms in total. The van der Waals surface area contributed by atoms with Gasteiger partial charge in [-0.2, -0.15) is 0 Å². The number of oxime groups is 1. The average molecular weight is 259 g/mol. The van der Waals surface area contributed by atoms with E-state index in [2.05, 4.69) is 5.16 Å². The van der Waals surface area contributed by atoms with Crippen LogP contribution >= 0.6 is 0 Å². The molecule has 0 aliphatic carbocycles. The molecule has 5 heteroatoms. The Balaban J connectivity index is 2.04. The molecule has 0 saturated carbocycles. The number of ether oxygens (including phenoxy) is 1. The Morgan fingerprint density at radius 2 is 2.05 bits per heavy atom. The number of benzene rings is 1. The number of methoxy groups -OCH3 is 1. The molecule has 0 aliphatic heterocycles. The topological polar surface area (TPSA) is 72.8 Å². The van der Waals surface area contributed by atoms with Crippen molar-refractivity contribution in [3.05, 3.63) is 53.9 Å². The molecule has 0 radical (unpaired) electrons. The van der Waals surface area contributed by atoms with Gasteiger partial charge in [-0.25, -0.2) is 0 Å². The van der Waals surface area contributed by atoms with Gasteiger partial charge in [-0.05, 0) is 36.2 Å². The summed E-state index contributed by atoms with van der Waals surface area (Å²) >= 11 is 0. The highest BCUT2D eigenvalue weighted by atomic mass is 16.5. The van der Waals surface area contributed by atoms with Gasteiger partial charge >= 0.3 is 0 Å². The van der Waals surface area contributed by atoms with Crippen molar-refractivity contribution >= 4 is 5.84 Å². The SMILES string of the molecule is COc1ccc(CCn2cccc2/C(N)=N/O)cc1. The van der Waals surface area contributed by atoms with Crippen LogP contribution in [0, 0.1) is 0 Å². The van der Waals surface area contributed by atoms with Gasteiger partial charge in [0.2, 0.25) is 0 Å². The average Bonchev–Trinajstić information content (AvgIpc) is 2.93. The van der Waals surface area contributed by atoms with Gasteiger partial charge in [0, 0.05) is 12.7 Å². The number of rotatable bonds is 5. The van der Waals surface area contributed by atoms with Crippen molar-refractivity contribution in [2.45, 2.75) is 13.0 Å². The van der Waals surface area contributed by atoms with Crippen LogP contribution < -0.4 is 10.5 Å². The van der Waals surface area contributed by atoms with Gasteiger partial charge in [-0.1, -0.05) is 17.3 Å².